The molecule has 0 aliphatic carbocycles. The molecule has 3 aromatic rings. The van der Waals surface area contributed by atoms with E-state index in [1.165, 1.54) is 11.3 Å². The summed E-state index contributed by atoms with van der Waals surface area (Å²) in [5.41, 5.74) is 1.75. The molecule has 1 aromatic heterocycles. The maximum Gasteiger partial charge on any atom is 0.264 e. The van der Waals surface area contributed by atoms with Crippen LogP contribution in [0.3, 0.4) is 0 Å². The molecule has 0 saturated carbocycles. The number of methoxy groups -OCH3 is 1. The minimum absolute atomic E-state index is 0.127. The Morgan fingerprint density at radius 1 is 1.07 bits per heavy atom. The van der Waals surface area contributed by atoms with E-state index in [0.29, 0.717) is 23.2 Å². The van der Waals surface area contributed by atoms with Crippen LogP contribution in [0.5, 0.6) is 17.2 Å². The third kappa shape index (κ3) is 4.98. The van der Waals surface area contributed by atoms with E-state index in [9.17, 15) is 4.79 Å². The predicted molar refractivity (Wildman–Crippen MR) is 106 cm³/mol. The standard InChI is InChI=1S/C20H20N2O4S/c1-3-25-15-10-8-14(9-11-15)16-13-27-20(21-16)22-19(23)12-26-18-7-5-4-6-17(18)24-2/h4-11,13H,3,12H2,1-2H3,(H,21,22,23). The van der Waals surface area contributed by atoms with Crippen LogP contribution >= 0.6 is 11.3 Å². The molecule has 27 heavy (non-hydrogen) atoms. The number of benzene rings is 2. The van der Waals surface area contributed by atoms with Gasteiger partial charge in [-0.2, -0.15) is 0 Å². The molecule has 0 unspecified atom stereocenters. The molecule has 0 atom stereocenters. The molecule has 7 heteroatoms. The van der Waals surface area contributed by atoms with Crippen LogP contribution in [0.4, 0.5) is 5.13 Å². The smallest absolute Gasteiger partial charge is 0.264 e. The monoisotopic (exact) mass is 384 g/mol. The van der Waals surface area contributed by atoms with Gasteiger partial charge in [0.2, 0.25) is 0 Å². The van der Waals surface area contributed by atoms with Gasteiger partial charge in [0.15, 0.2) is 23.2 Å². The van der Waals surface area contributed by atoms with Crippen molar-refractivity contribution in [1.82, 2.24) is 4.98 Å². The topological polar surface area (TPSA) is 69.7 Å². The lowest BCUT2D eigenvalue weighted by Crippen LogP contribution is -2.20. The van der Waals surface area contributed by atoms with Crippen LogP contribution in [0.2, 0.25) is 0 Å². The van der Waals surface area contributed by atoms with Crippen molar-refractivity contribution in [2.75, 3.05) is 25.6 Å². The largest absolute Gasteiger partial charge is 0.494 e. The second-order valence-electron chi connectivity index (χ2n) is 5.48. The lowest BCUT2D eigenvalue weighted by molar-refractivity contribution is -0.118. The van der Waals surface area contributed by atoms with E-state index >= 15 is 0 Å². The van der Waals surface area contributed by atoms with Gasteiger partial charge in [-0.25, -0.2) is 4.98 Å². The first-order chi connectivity index (χ1) is 13.2. The van der Waals surface area contributed by atoms with E-state index < -0.39 is 0 Å². The van der Waals surface area contributed by atoms with Gasteiger partial charge in [-0.05, 0) is 43.3 Å². The summed E-state index contributed by atoms with van der Waals surface area (Å²) in [4.78, 5) is 16.6. The lowest BCUT2D eigenvalue weighted by Gasteiger charge is -2.09. The number of carbonyl (C=O) groups is 1. The number of anilines is 1. The number of nitrogens with zero attached hydrogens (tertiary/aromatic N) is 1. The van der Waals surface area contributed by atoms with Crippen LogP contribution in [0.15, 0.2) is 53.9 Å². The molecule has 0 aliphatic rings. The molecule has 2 aromatic carbocycles. The Bertz CT molecular complexity index is 893. The van der Waals surface area contributed by atoms with Crippen molar-refractivity contribution >= 4 is 22.4 Å². The van der Waals surface area contributed by atoms with Crippen molar-refractivity contribution in [2.45, 2.75) is 6.92 Å². The van der Waals surface area contributed by atoms with Gasteiger partial charge in [0.1, 0.15) is 5.75 Å². The SMILES string of the molecule is CCOc1ccc(-c2csc(NC(=O)COc3ccccc3OC)n2)cc1. The molecule has 0 radical (unpaired) electrons. The number of amides is 1. The highest BCUT2D eigenvalue weighted by atomic mass is 32.1. The molecule has 140 valence electrons. The number of thiazole rings is 1. The van der Waals surface area contributed by atoms with Crippen molar-refractivity contribution in [3.63, 3.8) is 0 Å². The van der Waals surface area contributed by atoms with Crippen molar-refractivity contribution in [1.29, 1.82) is 0 Å². The van der Waals surface area contributed by atoms with E-state index in [1.807, 2.05) is 48.7 Å². The molecule has 0 spiro atoms. The first kappa shape index (κ1) is 18.7. The van der Waals surface area contributed by atoms with Gasteiger partial charge >= 0.3 is 0 Å². The van der Waals surface area contributed by atoms with E-state index in [0.717, 1.165) is 17.0 Å². The Kier molecular flexibility index (Phi) is 6.27. The molecule has 0 bridgehead atoms. The van der Waals surface area contributed by atoms with Crippen LogP contribution in [0.25, 0.3) is 11.3 Å². The van der Waals surface area contributed by atoms with E-state index in [-0.39, 0.29) is 12.5 Å². The number of rotatable bonds is 8. The number of nitrogens with one attached hydrogen (secondary N) is 1. The summed E-state index contributed by atoms with van der Waals surface area (Å²) in [7, 11) is 1.56. The molecule has 1 heterocycles. The summed E-state index contributed by atoms with van der Waals surface area (Å²) in [6.45, 7) is 2.45. The summed E-state index contributed by atoms with van der Waals surface area (Å²) in [6, 6.07) is 14.9. The maximum atomic E-state index is 12.1. The minimum Gasteiger partial charge on any atom is -0.494 e. The quantitative estimate of drug-likeness (QED) is 0.629. The van der Waals surface area contributed by atoms with Crippen molar-refractivity contribution in [3.05, 3.63) is 53.9 Å². The first-order valence-corrected chi connectivity index (χ1v) is 9.32. The average molecular weight is 384 g/mol. The van der Waals surface area contributed by atoms with Gasteiger partial charge in [0.25, 0.3) is 5.91 Å². The van der Waals surface area contributed by atoms with E-state index in [2.05, 4.69) is 10.3 Å². The molecular formula is C20H20N2O4S. The van der Waals surface area contributed by atoms with E-state index in [4.69, 9.17) is 14.2 Å². The zero-order chi connectivity index (χ0) is 19.1. The number of para-hydroxylation sites is 2. The van der Waals surface area contributed by atoms with Gasteiger partial charge in [-0.3, -0.25) is 10.1 Å². The lowest BCUT2D eigenvalue weighted by atomic mass is 10.2. The van der Waals surface area contributed by atoms with E-state index in [1.54, 1.807) is 19.2 Å². The van der Waals surface area contributed by atoms with Crippen molar-refractivity contribution < 1.29 is 19.0 Å². The summed E-state index contributed by atoms with van der Waals surface area (Å²) in [5, 5.41) is 5.17. The van der Waals surface area contributed by atoms with Gasteiger partial charge < -0.3 is 14.2 Å². The Labute approximate surface area is 161 Å². The number of aromatic nitrogens is 1. The highest BCUT2D eigenvalue weighted by Crippen LogP contribution is 2.27. The summed E-state index contributed by atoms with van der Waals surface area (Å²) >= 11 is 1.36. The van der Waals surface area contributed by atoms with Crippen LogP contribution < -0.4 is 19.5 Å². The fourth-order valence-corrected chi connectivity index (χ4v) is 3.12. The van der Waals surface area contributed by atoms with Crippen LogP contribution in [0.1, 0.15) is 6.92 Å². The second-order valence-corrected chi connectivity index (χ2v) is 6.34. The fraction of sp³-hybridized carbons (Fsp3) is 0.200. The molecule has 1 N–H and O–H groups in total. The van der Waals surface area contributed by atoms with Crippen LogP contribution in [0, 0.1) is 0 Å². The maximum absolute atomic E-state index is 12.1. The van der Waals surface area contributed by atoms with Crippen molar-refractivity contribution in [2.24, 2.45) is 0 Å². The van der Waals surface area contributed by atoms with Gasteiger partial charge in [0.05, 0.1) is 19.4 Å². The molecule has 0 fully saturated rings. The Morgan fingerprint density at radius 2 is 1.81 bits per heavy atom. The first-order valence-electron chi connectivity index (χ1n) is 8.44. The van der Waals surface area contributed by atoms with Crippen LogP contribution in [-0.4, -0.2) is 31.2 Å². The molecule has 1 amide bonds. The number of hydrogen-bond acceptors (Lipinski definition) is 6. The number of ether oxygens (including phenoxy) is 3. The number of hydrogen-bond donors (Lipinski definition) is 1. The molecule has 6 nitrogen and oxygen atoms in total. The Hall–Kier alpha value is -3.06. The Morgan fingerprint density at radius 3 is 2.52 bits per heavy atom. The van der Waals surface area contributed by atoms with Crippen molar-refractivity contribution in [3.8, 4) is 28.5 Å². The second kappa shape index (κ2) is 9.05. The zero-order valence-electron chi connectivity index (χ0n) is 15.1. The van der Waals surface area contributed by atoms with Gasteiger partial charge in [-0.1, -0.05) is 12.1 Å². The van der Waals surface area contributed by atoms with Gasteiger partial charge in [-0.15, -0.1) is 11.3 Å². The third-order valence-electron chi connectivity index (χ3n) is 3.64. The summed E-state index contributed by atoms with van der Waals surface area (Å²) < 4.78 is 16.1. The zero-order valence-corrected chi connectivity index (χ0v) is 15.9. The highest BCUT2D eigenvalue weighted by Gasteiger charge is 2.10. The fourth-order valence-electron chi connectivity index (χ4n) is 2.39. The Balaban J connectivity index is 1.57. The summed E-state index contributed by atoms with van der Waals surface area (Å²) in [5.74, 6) is 1.63. The molecule has 3 rings (SSSR count). The predicted octanol–water partition coefficient (Wildman–Crippen LogP) is 4.23. The molecule has 0 aliphatic heterocycles. The third-order valence-corrected chi connectivity index (χ3v) is 4.40. The molecular weight excluding hydrogens is 364 g/mol. The molecule has 0 saturated heterocycles. The summed E-state index contributed by atoms with van der Waals surface area (Å²) in [6.07, 6.45) is 0. The van der Waals surface area contributed by atoms with Crippen LogP contribution in [-0.2, 0) is 4.79 Å². The number of carbonyl (C=O) groups excluding carboxylic acids is 1. The normalized spacial score (nSPS) is 10.3. The highest BCUT2D eigenvalue weighted by molar-refractivity contribution is 7.14. The minimum atomic E-state index is -0.284. The average Bonchev–Trinajstić information content (AvgIpc) is 3.16. The van der Waals surface area contributed by atoms with Gasteiger partial charge in [0, 0.05) is 10.9 Å².